The Labute approximate surface area is 128 Å². The fourth-order valence-corrected chi connectivity index (χ4v) is 1.87. The number of benzene rings is 1. The second kappa shape index (κ2) is 6.13. The Morgan fingerprint density at radius 3 is 2.39 bits per heavy atom. The predicted octanol–water partition coefficient (Wildman–Crippen LogP) is 2.87. The van der Waals surface area contributed by atoms with Gasteiger partial charge in [-0.3, -0.25) is 4.84 Å². The second-order valence-corrected chi connectivity index (χ2v) is 4.46. The quantitative estimate of drug-likeness (QED) is 0.932. The van der Waals surface area contributed by atoms with Gasteiger partial charge in [0.15, 0.2) is 5.75 Å². The average molecular weight is 325 g/mol. The van der Waals surface area contributed by atoms with E-state index in [0.29, 0.717) is 17.2 Å². The van der Waals surface area contributed by atoms with Crippen LogP contribution in [0.4, 0.5) is 13.2 Å². The van der Waals surface area contributed by atoms with Crippen LogP contribution in [0.3, 0.4) is 0 Å². The first-order valence-electron chi connectivity index (χ1n) is 6.42. The van der Waals surface area contributed by atoms with Crippen LogP contribution >= 0.6 is 0 Å². The van der Waals surface area contributed by atoms with E-state index in [-0.39, 0.29) is 5.75 Å². The van der Waals surface area contributed by atoms with Gasteiger partial charge >= 0.3 is 6.36 Å². The summed E-state index contributed by atoms with van der Waals surface area (Å²) in [4.78, 5) is 12.9. The van der Waals surface area contributed by atoms with Crippen LogP contribution in [0.5, 0.6) is 11.5 Å². The number of aromatic nitrogens is 2. The number of rotatable bonds is 4. The van der Waals surface area contributed by atoms with Crippen LogP contribution in [0.1, 0.15) is 11.7 Å². The van der Waals surface area contributed by atoms with E-state index in [9.17, 15) is 13.2 Å². The summed E-state index contributed by atoms with van der Waals surface area (Å²) in [6.07, 6.45) is 0.735. The fourth-order valence-electron chi connectivity index (χ4n) is 1.87. The Balaban J connectivity index is 1.66. The van der Waals surface area contributed by atoms with Crippen molar-refractivity contribution in [1.29, 1.82) is 0 Å². The van der Waals surface area contributed by atoms with Crippen molar-refractivity contribution in [3.63, 3.8) is 0 Å². The van der Waals surface area contributed by atoms with Crippen LogP contribution < -0.4 is 15.0 Å². The first-order valence-corrected chi connectivity index (χ1v) is 6.42. The zero-order valence-electron chi connectivity index (χ0n) is 11.4. The van der Waals surface area contributed by atoms with Crippen molar-refractivity contribution >= 4 is 0 Å². The Morgan fingerprint density at radius 1 is 1.04 bits per heavy atom. The number of hydrogen-bond donors (Lipinski definition) is 1. The third-order valence-corrected chi connectivity index (χ3v) is 2.80. The Kier molecular flexibility index (Phi) is 4.02. The molecule has 1 aliphatic heterocycles. The molecule has 0 radical (unpaired) electrons. The largest absolute Gasteiger partial charge is 0.573 e. The SMILES string of the molecule is FC(F)(F)Oc1ccc([C@@H]2C=C(Oc3cncnc3)NO2)cc1. The third-order valence-electron chi connectivity index (χ3n) is 2.80. The van der Waals surface area contributed by atoms with Gasteiger partial charge in [-0.1, -0.05) is 12.1 Å². The smallest absolute Gasteiger partial charge is 0.436 e. The minimum atomic E-state index is -4.72. The van der Waals surface area contributed by atoms with E-state index in [1.165, 1.54) is 43.0 Å². The molecular weight excluding hydrogens is 315 g/mol. The molecule has 23 heavy (non-hydrogen) atoms. The number of halogens is 3. The summed E-state index contributed by atoms with van der Waals surface area (Å²) < 4.78 is 45.6. The minimum Gasteiger partial charge on any atom is -0.436 e. The Hall–Kier alpha value is -2.81. The lowest BCUT2D eigenvalue weighted by Crippen LogP contribution is -2.17. The first kappa shape index (κ1) is 15.1. The van der Waals surface area contributed by atoms with Crippen molar-refractivity contribution in [2.45, 2.75) is 12.5 Å². The Morgan fingerprint density at radius 2 is 1.74 bits per heavy atom. The van der Waals surface area contributed by atoms with Crippen molar-refractivity contribution in [3.05, 3.63) is 60.5 Å². The van der Waals surface area contributed by atoms with Crippen LogP contribution in [0.15, 0.2) is 54.9 Å². The van der Waals surface area contributed by atoms with Gasteiger partial charge in [0.1, 0.15) is 18.2 Å². The first-order chi connectivity index (χ1) is 11.0. The van der Waals surface area contributed by atoms with Crippen molar-refractivity contribution in [3.8, 4) is 11.5 Å². The molecule has 0 saturated carbocycles. The molecule has 0 unspecified atom stereocenters. The Bertz CT molecular complexity index is 690. The maximum absolute atomic E-state index is 12.1. The van der Waals surface area contributed by atoms with Gasteiger partial charge in [0.05, 0.1) is 12.4 Å². The molecule has 0 fully saturated rings. The summed E-state index contributed by atoms with van der Waals surface area (Å²) in [5, 5.41) is 0. The number of nitrogens with zero attached hydrogens (tertiary/aromatic N) is 2. The second-order valence-electron chi connectivity index (χ2n) is 4.46. The molecule has 2 aromatic rings. The van der Waals surface area contributed by atoms with Crippen molar-refractivity contribution in [1.82, 2.24) is 15.4 Å². The highest BCUT2D eigenvalue weighted by Crippen LogP contribution is 2.28. The number of alkyl halides is 3. The van der Waals surface area contributed by atoms with Gasteiger partial charge in [-0.2, -0.15) is 0 Å². The number of hydrogen-bond acceptors (Lipinski definition) is 6. The lowest BCUT2D eigenvalue weighted by Gasteiger charge is -2.11. The van der Waals surface area contributed by atoms with E-state index in [4.69, 9.17) is 9.57 Å². The normalized spacial score (nSPS) is 17.3. The topological polar surface area (TPSA) is 65.5 Å². The van der Waals surface area contributed by atoms with Gasteiger partial charge in [-0.05, 0) is 17.7 Å². The summed E-state index contributed by atoms with van der Waals surface area (Å²) in [5.74, 6) is 0.457. The zero-order valence-corrected chi connectivity index (χ0v) is 11.4. The predicted molar refractivity (Wildman–Crippen MR) is 70.8 cm³/mol. The third kappa shape index (κ3) is 4.10. The molecule has 0 bridgehead atoms. The molecule has 0 saturated heterocycles. The highest BCUT2D eigenvalue weighted by Gasteiger charge is 2.31. The van der Waals surface area contributed by atoms with Gasteiger partial charge < -0.3 is 9.47 Å². The van der Waals surface area contributed by atoms with E-state index in [2.05, 4.69) is 20.2 Å². The highest BCUT2D eigenvalue weighted by atomic mass is 19.4. The molecule has 1 N–H and O–H groups in total. The monoisotopic (exact) mass is 325 g/mol. The molecule has 1 aromatic carbocycles. The zero-order chi connectivity index (χ0) is 16.3. The molecule has 0 amide bonds. The van der Waals surface area contributed by atoms with Crippen molar-refractivity contribution in [2.24, 2.45) is 0 Å². The maximum Gasteiger partial charge on any atom is 0.573 e. The number of hydroxylamine groups is 1. The molecule has 2 heterocycles. The van der Waals surface area contributed by atoms with Crippen LogP contribution in [-0.4, -0.2) is 16.3 Å². The molecule has 6 nitrogen and oxygen atoms in total. The van der Waals surface area contributed by atoms with E-state index in [0.717, 1.165) is 0 Å². The molecular formula is C14H10F3N3O3. The summed E-state index contributed by atoms with van der Waals surface area (Å²) in [6, 6.07) is 5.37. The van der Waals surface area contributed by atoms with E-state index >= 15 is 0 Å². The number of ether oxygens (including phenoxy) is 2. The van der Waals surface area contributed by atoms with E-state index in [1.807, 2.05) is 0 Å². The van der Waals surface area contributed by atoms with E-state index < -0.39 is 12.5 Å². The van der Waals surface area contributed by atoms with Gasteiger partial charge in [-0.25, -0.2) is 15.4 Å². The van der Waals surface area contributed by atoms with E-state index in [1.54, 1.807) is 6.08 Å². The molecule has 3 rings (SSSR count). The number of nitrogens with one attached hydrogen (secondary N) is 1. The summed E-state index contributed by atoms with van der Waals surface area (Å²) in [7, 11) is 0. The molecule has 1 atom stereocenters. The maximum atomic E-state index is 12.1. The van der Waals surface area contributed by atoms with Crippen LogP contribution in [0, 0.1) is 0 Å². The molecule has 0 aliphatic carbocycles. The van der Waals surface area contributed by atoms with Gasteiger partial charge in [0.25, 0.3) is 0 Å². The van der Waals surface area contributed by atoms with Crippen molar-refractivity contribution in [2.75, 3.05) is 0 Å². The van der Waals surface area contributed by atoms with Gasteiger partial charge in [-0.15, -0.1) is 13.2 Å². The fraction of sp³-hybridized carbons (Fsp3) is 0.143. The highest BCUT2D eigenvalue weighted by molar-refractivity contribution is 5.31. The summed E-state index contributed by atoms with van der Waals surface area (Å²) in [5.41, 5.74) is 3.21. The van der Waals surface area contributed by atoms with Gasteiger partial charge in [0, 0.05) is 6.08 Å². The molecule has 120 valence electrons. The van der Waals surface area contributed by atoms with Crippen LogP contribution in [0.25, 0.3) is 0 Å². The average Bonchev–Trinajstić information content (AvgIpc) is 2.96. The van der Waals surface area contributed by atoms with Crippen molar-refractivity contribution < 1.29 is 27.5 Å². The lowest BCUT2D eigenvalue weighted by atomic mass is 10.1. The minimum absolute atomic E-state index is 0.297. The molecule has 0 spiro atoms. The molecule has 1 aliphatic rings. The van der Waals surface area contributed by atoms with Crippen LogP contribution in [-0.2, 0) is 4.84 Å². The summed E-state index contributed by atoms with van der Waals surface area (Å²) >= 11 is 0. The molecule has 1 aromatic heterocycles. The van der Waals surface area contributed by atoms with Gasteiger partial charge in [0.2, 0.25) is 5.88 Å². The summed E-state index contributed by atoms with van der Waals surface area (Å²) in [6.45, 7) is 0. The van der Waals surface area contributed by atoms with Crippen LogP contribution in [0.2, 0.25) is 0 Å². The lowest BCUT2D eigenvalue weighted by molar-refractivity contribution is -0.274. The standard InChI is InChI=1S/C14H10F3N3O3/c15-14(16,17)22-10-3-1-9(2-4-10)12-5-13(20-23-12)21-11-6-18-8-19-7-11/h1-8,12,20H/t12-/m0/s1. The molecule has 9 heteroatoms.